The Kier molecular flexibility index (Phi) is 6.39. The molecule has 2 aromatic carbocycles. The predicted molar refractivity (Wildman–Crippen MR) is 112 cm³/mol. The summed E-state index contributed by atoms with van der Waals surface area (Å²) in [6.07, 6.45) is 0. The number of hydrogen-bond acceptors (Lipinski definition) is 5. The quantitative estimate of drug-likeness (QED) is 0.580. The molecule has 154 valence electrons. The molecule has 0 amide bonds. The van der Waals surface area contributed by atoms with Crippen molar-refractivity contribution in [1.82, 2.24) is 9.71 Å². The first kappa shape index (κ1) is 21.1. The highest BCUT2D eigenvalue weighted by molar-refractivity contribution is 7.89. The highest BCUT2D eigenvalue weighted by atomic mass is 32.2. The van der Waals surface area contributed by atoms with Crippen molar-refractivity contribution in [3.8, 4) is 17.2 Å². The van der Waals surface area contributed by atoms with Crippen LogP contribution in [0.3, 0.4) is 0 Å². The van der Waals surface area contributed by atoms with Gasteiger partial charge in [-0.3, -0.25) is 0 Å². The lowest BCUT2D eigenvalue weighted by Crippen LogP contribution is -2.23. The zero-order valence-corrected chi connectivity index (χ0v) is 17.9. The van der Waals surface area contributed by atoms with Gasteiger partial charge in [-0.25, -0.2) is 18.1 Å². The van der Waals surface area contributed by atoms with Crippen LogP contribution < -0.4 is 9.46 Å². The van der Waals surface area contributed by atoms with Crippen LogP contribution in [0.1, 0.15) is 43.7 Å². The first-order valence-corrected chi connectivity index (χ1v) is 11.1. The number of oxazole rings is 1. The minimum Gasteiger partial charge on any atom is -0.494 e. The number of nitrogens with one attached hydrogen (secondary N) is 1. The van der Waals surface area contributed by atoms with E-state index in [2.05, 4.69) is 23.6 Å². The van der Waals surface area contributed by atoms with Crippen molar-refractivity contribution in [2.24, 2.45) is 0 Å². The molecular formula is C22H26N2O4S. The zero-order valence-electron chi connectivity index (χ0n) is 17.1. The van der Waals surface area contributed by atoms with E-state index in [9.17, 15) is 8.42 Å². The van der Waals surface area contributed by atoms with E-state index in [0.29, 0.717) is 29.9 Å². The minimum absolute atomic E-state index is 0.0562. The number of ether oxygens (including phenoxy) is 1. The second kappa shape index (κ2) is 8.80. The van der Waals surface area contributed by atoms with Crippen LogP contribution in [0.2, 0.25) is 0 Å². The Bertz CT molecular complexity index is 1050. The standard InChI is InChI=1S/C22H26N2O4S/c1-5-27-19-10-6-18(7-11-19)22-24-21(16(4)28-22)14-23-29(25,26)20-12-8-17(9-13-20)15(2)3/h6-13,15,23H,5,14H2,1-4H3. The lowest BCUT2D eigenvalue weighted by atomic mass is 10.0. The van der Waals surface area contributed by atoms with Crippen LogP contribution in [0.5, 0.6) is 5.75 Å². The first-order valence-electron chi connectivity index (χ1n) is 9.59. The minimum atomic E-state index is -3.63. The van der Waals surface area contributed by atoms with Crippen LogP contribution in [0.4, 0.5) is 0 Å². The first-order chi connectivity index (χ1) is 13.8. The van der Waals surface area contributed by atoms with Crippen molar-refractivity contribution >= 4 is 10.0 Å². The summed E-state index contributed by atoms with van der Waals surface area (Å²) >= 11 is 0. The van der Waals surface area contributed by atoms with Gasteiger partial charge in [-0.05, 0) is 61.7 Å². The fourth-order valence-corrected chi connectivity index (χ4v) is 3.84. The van der Waals surface area contributed by atoms with Crippen molar-refractivity contribution in [2.45, 2.75) is 45.1 Å². The molecule has 3 rings (SSSR count). The van der Waals surface area contributed by atoms with Gasteiger partial charge in [0.15, 0.2) is 0 Å². The molecule has 0 spiro atoms. The third kappa shape index (κ3) is 5.05. The number of benzene rings is 2. The summed E-state index contributed by atoms with van der Waals surface area (Å²) in [5, 5.41) is 0. The molecule has 0 aliphatic heterocycles. The topological polar surface area (TPSA) is 81.4 Å². The molecule has 1 heterocycles. The Morgan fingerprint density at radius 2 is 1.72 bits per heavy atom. The van der Waals surface area contributed by atoms with Crippen molar-refractivity contribution in [3.63, 3.8) is 0 Å². The highest BCUT2D eigenvalue weighted by Gasteiger charge is 2.17. The van der Waals surface area contributed by atoms with E-state index in [-0.39, 0.29) is 11.4 Å². The fourth-order valence-electron chi connectivity index (χ4n) is 2.85. The number of rotatable bonds is 8. The summed E-state index contributed by atoms with van der Waals surface area (Å²) in [4.78, 5) is 4.69. The maximum Gasteiger partial charge on any atom is 0.240 e. The Morgan fingerprint density at radius 1 is 1.07 bits per heavy atom. The van der Waals surface area contributed by atoms with E-state index >= 15 is 0 Å². The van der Waals surface area contributed by atoms with Gasteiger partial charge in [0.25, 0.3) is 0 Å². The van der Waals surface area contributed by atoms with Gasteiger partial charge in [0.05, 0.1) is 23.7 Å². The molecule has 3 aromatic rings. The van der Waals surface area contributed by atoms with Gasteiger partial charge < -0.3 is 9.15 Å². The van der Waals surface area contributed by atoms with E-state index in [1.54, 1.807) is 19.1 Å². The van der Waals surface area contributed by atoms with Gasteiger partial charge in [0.1, 0.15) is 11.5 Å². The van der Waals surface area contributed by atoms with Crippen LogP contribution in [-0.4, -0.2) is 20.0 Å². The maximum absolute atomic E-state index is 12.6. The summed E-state index contributed by atoms with van der Waals surface area (Å²) in [5.41, 5.74) is 2.45. The molecule has 0 aliphatic carbocycles. The second-order valence-electron chi connectivity index (χ2n) is 7.03. The smallest absolute Gasteiger partial charge is 0.240 e. The average molecular weight is 415 g/mol. The number of aryl methyl sites for hydroxylation is 1. The molecule has 0 fully saturated rings. The summed E-state index contributed by atoms with van der Waals surface area (Å²) in [6, 6.07) is 14.3. The maximum atomic E-state index is 12.6. The molecule has 7 heteroatoms. The Morgan fingerprint density at radius 3 is 2.31 bits per heavy atom. The monoisotopic (exact) mass is 414 g/mol. The molecule has 0 aliphatic rings. The van der Waals surface area contributed by atoms with E-state index in [4.69, 9.17) is 9.15 Å². The van der Waals surface area contributed by atoms with Gasteiger partial charge in [-0.15, -0.1) is 0 Å². The SMILES string of the molecule is CCOc1ccc(-c2nc(CNS(=O)(=O)c3ccc(C(C)C)cc3)c(C)o2)cc1. The van der Waals surface area contributed by atoms with E-state index in [0.717, 1.165) is 16.9 Å². The zero-order chi connectivity index (χ0) is 21.0. The fraction of sp³-hybridized carbons (Fsp3) is 0.318. The van der Waals surface area contributed by atoms with Crippen LogP contribution in [-0.2, 0) is 16.6 Å². The molecule has 0 unspecified atom stereocenters. The number of hydrogen-bond donors (Lipinski definition) is 1. The van der Waals surface area contributed by atoms with Crippen molar-refractivity contribution in [1.29, 1.82) is 0 Å². The van der Waals surface area contributed by atoms with E-state index < -0.39 is 10.0 Å². The molecule has 0 saturated carbocycles. The summed E-state index contributed by atoms with van der Waals surface area (Å²) < 4.78 is 38.9. The van der Waals surface area contributed by atoms with Gasteiger partial charge in [0, 0.05) is 5.56 Å². The van der Waals surface area contributed by atoms with Crippen LogP contribution in [0.15, 0.2) is 57.8 Å². The number of aromatic nitrogens is 1. The highest BCUT2D eigenvalue weighted by Crippen LogP contribution is 2.24. The number of sulfonamides is 1. The Balaban J connectivity index is 1.72. The largest absolute Gasteiger partial charge is 0.494 e. The average Bonchev–Trinajstić information content (AvgIpc) is 3.08. The Hall–Kier alpha value is -2.64. The molecule has 6 nitrogen and oxygen atoms in total. The van der Waals surface area contributed by atoms with Gasteiger partial charge in [0.2, 0.25) is 15.9 Å². The van der Waals surface area contributed by atoms with Crippen LogP contribution >= 0.6 is 0 Å². The third-order valence-electron chi connectivity index (χ3n) is 4.59. The van der Waals surface area contributed by atoms with E-state index in [1.165, 1.54) is 0 Å². The lowest BCUT2D eigenvalue weighted by Gasteiger charge is -2.08. The lowest BCUT2D eigenvalue weighted by molar-refractivity contribution is 0.340. The second-order valence-corrected chi connectivity index (χ2v) is 8.79. The molecule has 29 heavy (non-hydrogen) atoms. The molecule has 0 atom stereocenters. The van der Waals surface area contributed by atoms with Gasteiger partial charge >= 0.3 is 0 Å². The molecule has 0 radical (unpaired) electrons. The van der Waals surface area contributed by atoms with Crippen molar-refractivity contribution < 1.29 is 17.6 Å². The predicted octanol–water partition coefficient (Wildman–Crippen LogP) is 4.65. The van der Waals surface area contributed by atoms with Crippen molar-refractivity contribution in [3.05, 3.63) is 65.5 Å². The molecule has 0 saturated heterocycles. The van der Waals surface area contributed by atoms with Crippen molar-refractivity contribution in [2.75, 3.05) is 6.61 Å². The summed E-state index contributed by atoms with van der Waals surface area (Å²) in [7, 11) is -3.63. The van der Waals surface area contributed by atoms with Crippen LogP contribution in [0.25, 0.3) is 11.5 Å². The van der Waals surface area contributed by atoms with E-state index in [1.807, 2.05) is 43.3 Å². The molecule has 1 aromatic heterocycles. The Labute approximate surface area is 172 Å². The molecular weight excluding hydrogens is 388 g/mol. The summed E-state index contributed by atoms with van der Waals surface area (Å²) in [5.74, 6) is 2.14. The molecule has 0 bridgehead atoms. The third-order valence-corrected chi connectivity index (χ3v) is 6.01. The normalized spacial score (nSPS) is 11.8. The summed E-state index contributed by atoms with van der Waals surface area (Å²) in [6.45, 7) is 8.49. The van der Waals surface area contributed by atoms with Crippen LogP contribution in [0, 0.1) is 6.92 Å². The number of nitrogens with zero attached hydrogens (tertiary/aromatic N) is 1. The molecule has 1 N–H and O–H groups in total. The van der Waals surface area contributed by atoms with Gasteiger partial charge in [-0.2, -0.15) is 0 Å². The van der Waals surface area contributed by atoms with Gasteiger partial charge in [-0.1, -0.05) is 26.0 Å².